The van der Waals surface area contributed by atoms with Gasteiger partial charge >= 0.3 is 12.4 Å². The maximum atomic E-state index is 12.9. The number of hydrogen-bond donors (Lipinski definition) is 2. The minimum atomic E-state index is -4.84. The second-order valence-corrected chi connectivity index (χ2v) is 6.24. The number of hydrogen-bond acceptors (Lipinski definition) is 2. The monoisotopic (exact) mass is 390 g/mol. The largest absolute Gasteiger partial charge is 0.416 e. The van der Waals surface area contributed by atoms with Crippen molar-refractivity contribution in [2.24, 2.45) is 5.73 Å². The Morgan fingerprint density at radius 2 is 1.37 bits per heavy atom. The van der Waals surface area contributed by atoms with Crippen molar-refractivity contribution in [3.8, 4) is 0 Å². The summed E-state index contributed by atoms with van der Waals surface area (Å²) in [6.07, 6.45) is -9.03. The Morgan fingerprint density at radius 1 is 0.815 bits per heavy atom. The Hall–Kier alpha value is -2.06. The molecule has 2 rings (SSSR count). The Labute approximate surface area is 153 Å². The summed E-state index contributed by atoms with van der Waals surface area (Å²) in [7, 11) is 0. The molecule has 0 bridgehead atoms. The van der Waals surface area contributed by atoms with Crippen LogP contribution < -0.4 is 11.1 Å². The van der Waals surface area contributed by atoms with Crippen LogP contribution >= 0.6 is 0 Å². The number of nitrogens with two attached hydrogens (primary N) is 1. The molecule has 3 N–H and O–H groups in total. The van der Waals surface area contributed by atoms with Crippen LogP contribution in [-0.4, -0.2) is 19.1 Å². The Balaban J connectivity index is 2.05. The van der Waals surface area contributed by atoms with Gasteiger partial charge in [-0.3, -0.25) is 0 Å². The molecule has 0 aromatic heterocycles. The van der Waals surface area contributed by atoms with E-state index in [1.807, 2.05) is 30.3 Å². The first-order valence-electron chi connectivity index (χ1n) is 8.35. The smallest absolute Gasteiger partial charge is 0.329 e. The van der Waals surface area contributed by atoms with Crippen molar-refractivity contribution >= 4 is 0 Å². The van der Waals surface area contributed by atoms with E-state index in [-0.39, 0.29) is 30.6 Å². The van der Waals surface area contributed by atoms with E-state index in [1.54, 1.807) is 0 Å². The average Bonchev–Trinajstić information content (AvgIpc) is 2.60. The number of nitrogens with one attached hydrogen (secondary N) is 1. The average molecular weight is 390 g/mol. The molecule has 0 aliphatic carbocycles. The van der Waals surface area contributed by atoms with E-state index in [0.29, 0.717) is 13.0 Å². The zero-order valence-corrected chi connectivity index (χ0v) is 14.4. The van der Waals surface area contributed by atoms with Gasteiger partial charge < -0.3 is 11.1 Å². The Kier molecular flexibility index (Phi) is 6.89. The van der Waals surface area contributed by atoms with Crippen LogP contribution in [0.5, 0.6) is 0 Å². The summed E-state index contributed by atoms with van der Waals surface area (Å²) in [4.78, 5) is 0. The van der Waals surface area contributed by atoms with Gasteiger partial charge in [0.05, 0.1) is 11.1 Å². The van der Waals surface area contributed by atoms with E-state index in [0.717, 1.165) is 17.7 Å². The van der Waals surface area contributed by atoms with Gasteiger partial charge in [-0.2, -0.15) is 26.3 Å². The van der Waals surface area contributed by atoms with Crippen LogP contribution in [0, 0.1) is 0 Å². The number of benzene rings is 2. The van der Waals surface area contributed by atoms with E-state index in [4.69, 9.17) is 5.73 Å². The summed E-state index contributed by atoms with van der Waals surface area (Å²) >= 11 is 0. The third-order valence-electron chi connectivity index (χ3n) is 4.10. The molecule has 1 atom stereocenters. The Morgan fingerprint density at radius 3 is 1.85 bits per heavy atom. The molecule has 8 heteroatoms. The van der Waals surface area contributed by atoms with Gasteiger partial charge in [0.15, 0.2) is 0 Å². The molecule has 0 aliphatic heterocycles. The van der Waals surface area contributed by atoms with Crippen molar-refractivity contribution in [3.63, 3.8) is 0 Å². The van der Waals surface area contributed by atoms with Crippen molar-refractivity contribution in [1.82, 2.24) is 5.32 Å². The molecule has 2 nitrogen and oxygen atoms in total. The van der Waals surface area contributed by atoms with Gasteiger partial charge in [0.2, 0.25) is 0 Å². The van der Waals surface area contributed by atoms with Crippen LogP contribution in [0.2, 0.25) is 0 Å². The molecule has 0 amide bonds. The van der Waals surface area contributed by atoms with Crippen molar-refractivity contribution in [2.75, 3.05) is 13.1 Å². The standard InChI is InChI=1S/C19H20F6N2/c20-18(21,22)15-8-14(9-16(11-15)19(23,24)25)6-7-27-17(12-26)10-13-4-2-1-3-5-13/h1-5,8-9,11,17,27H,6-7,10,12,26H2/t17-/m0/s1. The molecular formula is C19H20F6N2. The zero-order valence-electron chi connectivity index (χ0n) is 14.4. The predicted octanol–water partition coefficient (Wildman–Crippen LogP) is 4.43. The quantitative estimate of drug-likeness (QED) is 0.687. The van der Waals surface area contributed by atoms with Crippen LogP contribution in [0.25, 0.3) is 0 Å². The fourth-order valence-electron chi connectivity index (χ4n) is 2.72. The van der Waals surface area contributed by atoms with Gasteiger partial charge in [0.25, 0.3) is 0 Å². The maximum Gasteiger partial charge on any atom is 0.416 e. The Bertz CT molecular complexity index is 693. The van der Waals surface area contributed by atoms with Gasteiger partial charge in [-0.1, -0.05) is 30.3 Å². The van der Waals surface area contributed by atoms with E-state index in [1.165, 1.54) is 0 Å². The zero-order chi connectivity index (χ0) is 20.1. The van der Waals surface area contributed by atoms with Gasteiger partial charge in [-0.05, 0) is 48.7 Å². The topological polar surface area (TPSA) is 38.0 Å². The van der Waals surface area contributed by atoms with E-state index >= 15 is 0 Å². The lowest BCUT2D eigenvalue weighted by atomic mass is 10.0. The van der Waals surface area contributed by atoms with Crippen LogP contribution in [-0.2, 0) is 25.2 Å². The number of alkyl halides is 6. The fourth-order valence-corrected chi connectivity index (χ4v) is 2.72. The van der Waals surface area contributed by atoms with Gasteiger partial charge in [0.1, 0.15) is 0 Å². The van der Waals surface area contributed by atoms with Gasteiger partial charge in [-0.25, -0.2) is 0 Å². The molecule has 27 heavy (non-hydrogen) atoms. The van der Waals surface area contributed by atoms with Gasteiger partial charge in [-0.15, -0.1) is 0 Å². The summed E-state index contributed by atoms with van der Waals surface area (Å²) in [5, 5.41) is 3.10. The van der Waals surface area contributed by atoms with Crippen molar-refractivity contribution in [3.05, 3.63) is 70.8 Å². The van der Waals surface area contributed by atoms with Gasteiger partial charge in [0, 0.05) is 12.6 Å². The fraction of sp³-hybridized carbons (Fsp3) is 0.368. The van der Waals surface area contributed by atoms with E-state index in [9.17, 15) is 26.3 Å². The molecule has 0 unspecified atom stereocenters. The summed E-state index contributed by atoms with van der Waals surface area (Å²) in [5.74, 6) is 0. The minimum absolute atomic E-state index is 0.0261. The first-order chi connectivity index (χ1) is 12.6. The predicted molar refractivity (Wildman–Crippen MR) is 91.1 cm³/mol. The van der Waals surface area contributed by atoms with E-state index < -0.39 is 23.5 Å². The normalized spacial score (nSPS) is 13.6. The highest BCUT2D eigenvalue weighted by atomic mass is 19.4. The summed E-state index contributed by atoms with van der Waals surface area (Å²) in [6.45, 7) is 0.512. The molecule has 0 radical (unpaired) electrons. The molecule has 0 aliphatic rings. The third kappa shape index (κ3) is 6.55. The first kappa shape index (κ1) is 21.2. The van der Waals surface area contributed by atoms with Crippen LogP contribution in [0.1, 0.15) is 22.3 Å². The molecule has 0 heterocycles. The third-order valence-corrected chi connectivity index (χ3v) is 4.10. The first-order valence-corrected chi connectivity index (χ1v) is 8.35. The summed E-state index contributed by atoms with van der Waals surface area (Å²) in [5.41, 5.74) is 4.12. The SMILES string of the molecule is NC[C@H](Cc1ccccc1)NCCc1cc(C(F)(F)F)cc(C(F)(F)F)c1. The summed E-state index contributed by atoms with van der Waals surface area (Å²) < 4.78 is 77.3. The molecule has 148 valence electrons. The lowest BCUT2D eigenvalue weighted by Gasteiger charge is -2.18. The maximum absolute atomic E-state index is 12.9. The highest BCUT2D eigenvalue weighted by molar-refractivity contribution is 5.33. The molecule has 0 saturated heterocycles. The highest BCUT2D eigenvalue weighted by Crippen LogP contribution is 2.36. The lowest BCUT2D eigenvalue weighted by Crippen LogP contribution is -2.39. The lowest BCUT2D eigenvalue weighted by molar-refractivity contribution is -0.143. The second kappa shape index (κ2) is 8.75. The van der Waals surface area contributed by atoms with Crippen LogP contribution in [0.4, 0.5) is 26.3 Å². The molecule has 2 aromatic carbocycles. The molecule has 0 spiro atoms. The highest BCUT2D eigenvalue weighted by Gasteiger charge is 2.36. The minimum Gasteiger partial charge on any atom is -0.329 e. The van der Waals surface area contributed by atoms with Crippen LogP contribution in [0.15, 0.2) is 48.5 Å². The molecule has 2 aromatic rings. The van der Waals surface area contributed by atoms with Crippen LogP contribution in [0.3, 0.4) is 0 Å². The molecular weight excluding hydrogens is 370 g/mol. The summed E-state index contributed by atoms with van der Waals surface area (Å²) in [6, 6.07) is 11.0. The van der Waals surface area contributed by atoms with Crippen molar-refractivity contribution in [1.29, 1.82) is 0 Å². The number of halogens is 6. The van der Waals surface area contributed by atoms with Crippen molar-refractivity contribution in [2.45, 2.75) is 31.2 Å². The molecule has 0 saturated carbocycles. The molecule has 0 fully saturated rings. The van der Waals surface area contributed by atoms with Crippen molar-refractivity contribution < 1.29 is 26.3 Å². The second-order valence-electron chi connectivity index (χ2n) is 6.24. The van der Waals surface area contributed by atoms with E-state index in [2.05, 4.69) is 5.32 Å². The number of rotatable bonds is 7.